The Labute approximate surface area is 193 Å². The number of rotatable bonds is 9. The van der Waals surface area contributed by atoms with Crippen molar-refractivity contribution in [3.05, 3.63) is 64.2 Å². The number of benzene rings is 1. The van der Waals surface area contributed by atoms with Crippen LogP contribution in [0.4, 0.5) is 14.5 Å². The molecule has 0 radical (unpaired) electrons. The van der Waals surface area contributed by atoms with Crippen LogP contribution in [0.25, 0.3) is 11.6 Å². The van der Waals surface area contributed by atoms with Crippen LogP contribution in [-0.4, -0.2) is 21.6 Å². The molecule has 0 aliphatic heterocycles. The monoisotopic (exact) mass is 458 g/mol. The number of anilines is 1. The molecule has 0 bridgehead atoms. The Balaban J connectivity index is 2.00. The lowest BCUT2D eigenvalue weighted by Gasteiger charge is -2.19. The molecule has 0 atom stereocenters. The van der Waals surface area contributed by atoms with E-state index < -0.39 is 12.3 Å². The van der Waals surface area contributed by atoms with E-state index in [9.17, 15) is 8.78 Å². The normalized spacial score (nSPS) is 13.9. The van der Waals surface area contributed by atoms with Gasteiger partial charge in [0.25, 0.3) is 5.92 Å². The van der Waals surface area contributed by atoms with Gasteiger partial charge in [-0.05, 0) is 49.0 Å². The maximum Gasteiger partial charge on any atom is 0.252 e. The van der Waals surface area contributed by atoms with Crippen LogP contribution >= 0.6 is 11.6 Å². The highest BCUT2D eigenvalue weighted by molar-refractivity contribution is 6.31. The molecule has 1 aromatic heterocycles. The summed E-state index contributed by atoms with van der Waals surface area (Å²) in [4.78, 5) is 9.01. The van der Waals surface area contributed by atoms with Gasteiger partial charge in [-0.3, -0.25) is 0 Å². The zero-order valence-electron chi connectivity index (χ0n) is 18.4. The fraction of sp³-hybridized carbons (Fsp3) is 0.400. The molecule has 4 nitrogen and oxygen atoms in total. The lowest BCUT2D eigenvalue weighted by atomic mass is 9.98. The van der Waals surface area contributed by atoms with Crippen molar-refractivity contribution in [2.24, 2.45) is 0 Å². The summed E-state index contributed by atoms with van der Waals surface area (Å²) in [5.74, 6) is -2.51. The van der Waals surface area contributed by atoms with E-state index >= 15 is 0 Å². The molecule has 1 fully saturated rings. The van der Waals surface area contributed by atoms with Crippen LogP contribution in [0.15, 0.2) is 36.4 Å². The average Bonchev–Trinajstić information content (AvgIpc) is 3.23. The molecule has 1 heterocycles. The Morgan fingerprint density at radius 1 is 1.22 bits per heavy atom. The first-order valence-electron chi connectivity index (χ1n) is 10.9. The number of hydrogen-bond acceptors (Lipinski definition) is 4. The summed E-state index contributed by atoms with van der Waals surface area (Å²) in [5, 5.41) is 9.19. The zero-order chi connectivity index (χ0) is 23.3. The number of allylic oxidation sites excluding steroid dienone is 2. The molecule has 0 amide bonds. The molecule has 32 heavy (non-hydrogen) atoms. The van der Waals surface area contributed by atoms with Crippen molar-refractivity contribution < 1.29 is 8.78 Å². The van der Waals surface area contributed by atoms with Gasteiger partial charge in [0.2, 0.25) is 0 Å². The smallest absolute Gasteiger partial charge is 0.252 e. The quantitative estimate of drug-likeness (QED) is 0.393. The van der Waals surface area contributed by atoms with Gasteiger partial charge in [-0.25, -0.2) is 18.7 Å². The lowest BCUT2D eigenvalue weighted by Crippen LogP contribution is -2.18. The van der Waals surface area contributed by atoms with Crippen molar-refractivity contribution >= 4 is 34.6 Å². The molecule has 0 spiro atoms. The van der Waals surface area contributed by atoms with Gasteiger partial charge in [0.15, 0.2) is 5.82 Å². The fourth-order valence-corrected chi connectivity index (χ4v) is 4.18. The van der Waals surface area contributed by atoms with Crippen molar-refractivity contribution in [2.75, 3.05) is 5.73 Å². The molecular weight excluding hydrogens is 430 g/mol. The third kappa shape index (κ3) is 6.00. The first-order valence-corrected chi connectivity index (χ1v) is 11.3. The molecule has 0 unspecified atom stereocenters. The van der Waals surface area contributed by atoms with Gasteiger partial charge in [0.05, 0.1) is 17.1 Å². The Morgan fingerprint density at radius 2 is 1.88 bits per heavy atom. The van der Waals surface area contributed by atoms with E-state index in [1.165, 1.54) is 5.57 Å². The Bertz CT molecular complexity index is 1040. The summed E-state index contributed by atoms with van der Waals surface area (Å²) in [6.07, 6.45) is 5.85. The van der Waals surface area contributed by atoms with Crippen LogP contribution in [0.3, 0.4) is 0 Å². The number of nitrogens with one attached hydrogen (secondary N) is 1. The summed E-state index contributed by atoms with van der Waals surface area (Å²) in [5.41, 5.74) is 9.14. The van der Waals surface area contributed by atoms with Gasteiger partial charge < -0.3 is 11.1 Å². The third-order valence-corrected chi connectivity index (χ3v) is 5.94. The number of nitrogen functional groups attached to an aromatic ring is 1. The maximum absolute atomic E-state index is 14.3. The van der Waals surface area contributed by atoms with E-state index in [-0.39, 0.29) is 41.2 Å². The van der Waals surface area contributed by atoms with E-state index in [0.29, 0.717) is 17.3 Å². The van der Waals surface area contributed by atoms with E-state index in [1.54, 1.807) is 13.0 Å². The van der Waals surface area contributed by atoms with Crippen molar-refractivity contribution in [3.63, 3.8) is 0 Å². The third-order valence-electron chi connectivity index (χ3n) is 5.58. The lowest BCUT2D eigenvalue weighted by molar-refractivity contribution is -0.00264. The predicted octanol–water partition coefficient (Wildman–Crippen LogP) is 7.12. The van der Waals surface area contributed by atoms with Crippen molar-refractivity contribution in [3.8, 4) is 0 Å². The van der Waals surface area contributed by atoms with E-state index in [4.69, 9.17) is 22.7 Å². The van der Waals surface area contributed by atoms with Crippen molar-refractivity contribution in [1.82, 2.24) is 9.97 Å². The molecule has 3 rings (SSSR count). The van der Waals surface area contributed by atoms with Gasteiger partial charge >= 0.3 is 0 Å². The minimum Gasteiger partial charge on any atom is -0.395 e. The Hall–Kier alpha value is -2.60. The molecule has 7 heteroatoms. The molecule has 1 aromatic carbocycles. The van der Waals surface area contributed by atoms with Gasteiger partial charge in [0, 0.05) is 24.3 Å². The van der Waals surface area contributed by atoms with Crippen molar-refractivity contribution in [2.45, 2.75) is 64.2 Å². The van der Waals surface area contributed by atoms with Crippen molar-refractivity contribution in [1.29, 1.82) is 5.41 Å². The van der Waals surface area contributed by atoms with Crippen LogP contribution < -0.4 is 5.73 Å². The number of aromatic nitrogens is 2. The summed E-state index contributed by atoms with van der Waals surface area (Å²) in [6, 6.07) is 7.25. The van der Waals surface area contributed by atoms with E-state index in [2.05, 4.69) is 16.5 Å². The highest BCUT2D eigenvalue weighted by atomic mass is 35.5. The van der Waals surface area contributed by atoms with Crippen LogP contribution in [0, 0.1) is 5.41 Å². The number of alkyl halides is 2. The second-order valence-electron chi connectivity index (χ2n) is 8.34. The summed E-state index contributed by atoms with van der Waals surface area (Å²) < 4.78 is 28.6. The summed E-state index contributed by atoms with van der Waals surface area (Å²) in [7, 11) is 0. The second-order valence-corrected chi connectivity index (χ2v) is 8.74. The second kappa shape index (κ2) is 10.3. The fourth-order valence-electron chi connectivity index (χ4n) is 3.97. The summed E-state index contributed by atoms with van der Waals surface area (Å²) >= 11 is 6.26. The standard InChI is InChI=1S/C25H29ClF2N4/c1-3-12-25(27,28)15-16(2)23-22(30)24(20(29)14-18-10-6-7-11-19(18)26)32-21(31-23)13-17-8-4-5-9-17/h6-7,10-11,13,29H,2-5,8-9,12,14-15,30H2,1H3. The largest absolute Gasteiger partial charge is 0.395 e. The van der Waals surface area contributed by atoms with Gasteiger partial charge in [-0.2, -0.15) is 0 Å². The predicted molar refractivity (Wildman–Crippen MR) is 128 cm³/mol. The molecular formula is C25H29ClF2N4. The molecule has 1 aliphatic carbocycles. The number of halogens is 3. The first-order chi connectivity index (χ1) is 15.2. The Kier molecular flexibility index (Phi) is 7.77. The van der Waals surface area contributed by atoms with E-state index in [1.807, 2.05) is 24.3 Å². The van der Waals surface area contributed by atoms with Crippen LogP contribution in [0.2, 0.25) is 5.02 Å². The number of nitrogens with two attached hydrogens (primary N) is 1. The SMILES string of the molecule is C=C(CC(F)(F)CCC)c1nc(C=C2CCCC2)nc(C(=N)Cc2ccccc2Cl)c1N. The van der Waals surface area contributed by atoms with E-state index in [0.717, 1.165) is 31.2 Å². The molecule has 2 aromatic rings. The van der Waals surface area contributed by atoms with Crippen LogP contribution in [-0.2, 0) is 6.42 Å². The minimum atomic E-state index is -2.89. The Morgan fingerprint density at radius 3 is 2.53 bits per heavy atom. The van der Waals surface area contributed by atoms with Gasteiger partial charge in [0.1, 0.15) is 5.69 Å². The highest BCUT2D eigenvalue weighted by Gasteiger charge is 2.30. The summed E-state index contributed by atoms with van der Waals surface area (Å²) in [6.45, 7) is 5.58. The molecule has 3 N–H and O–H groups in total. The van der Waals surface area contributed by atoms with Gasteiger partial charge in [-0.15, -0.1) is 0 Å². The van der Waals surface area contributed by atoms with Gasteiger partial charge in [-0.1, -0.05) is 55.3 Å². The topological polar surface area (TPSA) is 75.7 Å². The molecule has 0 saturated heterocycles. The zero-order valence-corrected chi connectivity index (χ0v) is 19.1. The molecule has 1 saturated carbocycles. The number of nitrogens with zero attached hydrogens (tertiary/aromatic N) is 2. The average molecular weight is 459 g/mol. The van der Waals surface area contributed by atoms with Crippen LogP contribution in [0.5, 0.6) is 0 Å². The number of hydrogen-bond donors (Lipinski definition) is 2. The highest BCUT2D eigenvalue weighted by Crippen LogP contribution is 2.34. The maximum atomic E-state index is 14.3. The molecule has 170 valence electrons. The van der Waals surface area contributed by atoms with Crippen LogP contribution in [0.1, 0.15) is 74.6 Å². The first kappa shape index (κ1) is 24.1. The molecule has 1 aliphatic rings. The minimum absolute atomic E-state index is 0.105.